The van der Waals surface area contributed by atoms with Gasteiger partial charge in [0.2, 0.25) is 0 Å². The van der Waals surface area contributed by atoms with Crippen molar-refractivity contribution in [3.05, 3.63) is 0 Å². The standard InChI is InChI=1S/C16H32N2/c1-14-8-7-11-18(15(14)2)13-16(12-17)9-5-3-4-6-10-16/h14-15H,3-13,17H2,1-2H3. The lowest BCUT2D eigenvalue weighted by Crippen LogP contribution is -2.50. The normalized spacial score (nSPS) is 34.2. The molecule has 1 aliphatic heterocycles. The average molecular weight is 252 g/mol. The molecule has 0 amide bonds. The van der Waals surface area contributed by atoms with Gasteiger partial charge in [0.15, 0.2) is 0 Å². The Morgan fingerprint density at radius 2 is 1.72 bits per heavy atom. The Hall–Kier alpha value is -0.0800. The second kappa shape index (κ2) is 6.38. The van der Waals surface area contributed by atoms with Crippen LogP contribution in [0, 0.1) is 11.3 Å². The molecular formula is C16H32N2. The Balaban J connectivity index is 1.99. The zero-order valence-corrected chi connectivity index (χ0v) is 12.5. The van der Waals surface area contributed by atoms with Gasteiger partial charge in [0.25, 0.3) is 0 Å². The van der Waals surface area contributed by atoms with Crippen molar-refractivity contribution >= 4 is 0 Å². The summed E-state index contributed by atoms with van der Waals surface area (Å²) in [5, 5.41) is 0. The second-order valence-electron chi connectivity index (χ2n) is 6.95. The topological polar surface area (TPSA) is 29.3 Å². The molecular weight excluding hydrogens is 220 g/mol. The minimum Gasteiger partial charge on any atom is -0.330 e. The van der Waals surface area contributed by atoms with Crippen molar-refractivity contribution in [2.45, 2.75) is 71.3 Å². The van der Waals surface area contributed by atoms with Crippen LogP contribution in [0.3, 0.4) is 0 Å². The first-order chi connectivity index (χ1) is 8.67. The van der Waals surface area contributed by atoms with Crippen LogP contribution in [0.5, 0.6) is 0 Å². The summed E-state index contributed by atoms with van der Waals surface area (Å²) in [4.78, 5) is 2.74. The molecule has 2 unspecified atom stereocenters. The highest BCUT2D eigenvalue weighted by Crippen LogP contribution is 2.37. The van der Waals surface area contributed by atoms with Gasteiger partial charge in [-0.1, -0.05) is 32.6 Å². The Morgan fingerprint density at radius 1 is 1.06 bits per heavy atom. The van der Waals surface area contributed by atoms with Crippen LogP contribution in [-0.4, -0.2) is 30.6 Å². The third kappa shape index (κ3) is 3.27. The van der Waals surface area contributed by atoms with E-state index in [4.69, 9.17) is 5.73 Å². The highest BCUT2D eigenvalue weighted by Gasteiger charge is 2.35. The predicted octanol–water partition coefficient (Wildman–Crippen LogP) is 3.41. The first kappa shape index (κ1) is 14.3. The fraction of sp³-hybridized carbons (Fsp3) is 1.00. The monoisotopic (exact) mass is 252 g/mol. The maximum Gasteiger partial charge on any atom is 0.00928 e. The number of hydrogen-bond donors (Lipinski definition) is 1. The molecule has 1 saturated carbocycles. The Labute approximate surface area is 113 Å². The molecule has 0 spiro atoms. The number of nitrogens with two attached hydrogens (primary N) is 1. The summed E-state index contributed by atoms with van der Waals surface area (Å²) in [6, 6.07) is 0.755. The zero-order chi connectivity index (χ0) is 13.0. The van der Waals surface area contributed by atoms with E-state index in [9.17, 15) is 0 Å². The molecule has 2 fully saturated rings. The van der Waals surface area contributed by atoms with E-state index in [1.54, 1.807) is 0 Å². The fourth-order valence-corrected chi connectivity index (χ4v) is 3.98. The van der Waals surface area contributed by atoms with Gasteiger partial charge in [-0.2, -0.15) is 0 Å². The maximum absolute atomic E-state index is 6.18. The molecule has 1 heterocycles. The molecule has 2 N–H and O–H groups in total. The van der Waals surface area contributed by atoms with Gasteiger partial charge in [0.1, 0.15) is 0 Å². The van der Waals surface area contributed by atoms with E-state index in [0.29, 0.717) is 5.41 Å². The fourth-order valence-electron chi connectivity index (χ4n) is 3.98. The van der Waals surface area contributed by atoms with Crippen molar-refractivity contribution in [2.75, 3.05) is 19.6 Å². The number of piperidine rings is 1. The summed E-state index contributed by atoms with van der Waals surface area (Å²) >= 11 is 0. The average Bonchev–Trinajstić information content (AvgIpc) is 2.61. The summed E-state index contributed by atoms with van der Waals surface area (Å²) in [6.07, 6.45) is 11.2. The van der Waals surface area contributed by atoms with E-state index in [2.05, 4.69) is 18.7 Å². The smallest absolute Gasteiger partial charge is 0.00928 e. The van der Waals surface area contributed by atoms with Gasteiger partial charge < -0.3 is 5.73 Å². The number of likely N-dealkylation sites (tertiary alicyclic amines) is 1. The zero-order valence-electron chi connectivity index (χ0n) is 12.5. The van der Waals surface area contributed by atoms with Gasteiger partial charge in [-0.15, -0.1) is 0 Å². The van der Waals surface area contributed by atoms with E-state index >= 15 is 0 Å². The van der Waals surface area contributed by atoms with Gasteiger partial charge in [0, 0.05) is 12.6 Å². The van der Waals surface area contributed by atoms with Gasteiger partial charge in [-0.05, 0) is 57.0 Å². The summed E-state index contributed by atoms with van der Waals surface area (Å²) in [5.41, 5.74) is 6.61. The van der Waals surface area contributed by atoms with E-state index in [1.807, 2.05) is 0 Å². The molecule has 0 aromatic heterocycles. The molecule has 106 valence electrons. The molecule has 1 aliphatic carbocycles. The molecule has 18 heavy (non-hydrogen) atoms. The lowest BCUT2D eigenvalue weighted by Gasteiger charge is -2.44. The lowest BCUT2D eigenvalue weighted by atomic mass is 9.78. The van der Waals surface area contributed by atoms with Crippen LogP contribution in [0.15, 0.2) is 0 Å². The Bertz CT molecular complexity index is 243. The lowest BCUT2D eigenvalue weighted by molar-refractivity contribution is 0.0547. The van der Waals surface area contributed by atoms with Crippen LogP contribution in [0.25, 0.3) is 0 Å². The minimum atomic E-state index is 0.432. The van der Waals surface area contributed by atoms with Gasteiger partial charge in [0.05, 0.1) is 0 Å². The quantitative estimate of drug-likeness (QED) is 0.780. The largest absolute Gasteiger partial charge is 0.330 e. The van der Waals surface area contributed by atoms with Crippen molar-refractivity contribution < 1.29 is 0 Å². The van der Waals surface area contributed by atoms with Crippen molar-refractivity contribution in [1.82, 2.24) is 4.90 Å². The van der Waals surface area contributed by atoms with Crippen molar-refractivity contribution in [3.63, 3.8) is 0 Å². The molecule has 1 saturated heterocycles. The summed E-state index contributed by atoms with van der Waals surface area (Å²) in [6.45, 7) is 8.29. The Morgan fingerprint density at radius 3 is 2.33 bits per heavy atom. The van der Waals surface area contributed by atoms with Crippen LogP contribution in [0.1, 0.15) is 65.2 Å². The third-order valence-corrected chi connectivity index (χ3v) is 5.64. The molecule has 0 aromatic rings. The van der Waals surface area contributed by atoms with Crippen LogP contribution < -0.4 is 5.73 Å². The third-order valence-electron chi connectivity index (χ3n) is 5.64. The van der Waals surface area contributed by atoms with Gasteiger partial charge in [-0.25, -0.2) is 0 Å². The van der Waals surface area contributed by atoms with Crippen molar-refractivity contribution in [2.24, 2.45) is 17.1 Å². The van der Waals surface area contributed by atoms with Crippen LogP contribution >= 0.6 is 0 Å². The minimum absolute atomic E-state index is 0.432. The van der Waals surface area contributed by atoms with E-state index < -0.39 is 0 Å². The molecule has 2 aliphatic rings. The van der Waals surface area contributed by atoms with Crippen LogP contribution in [0.2, 0.25) is 0 Å². The van der Waals surface area contributed by atoms with E-state index in [0.717, 1.165) is 18.5 Å². The molecule has 0 bridgehead atoms. The molecule has 2 rings (SSSR count). The van der Waals surface area contributed by atoms with Crippen molar-refractivity contribution in [3.8, 4) is 0 Å². The summed E-state index contributed by atoms with van der Waals surface area (Å²) < 4.78 is 0. The van der Waals surface area contributed by atoms with Crippen LogP contribution in [0.4, 0.5) is 0 Å². The number of hydrogen-bond acceptors (Lipinski definition) is 2. The Kier molecular flexibility index (Phi) is 5.08. The van der Waals surface area contributed by atoms with Crippen LogP contribution in [-0.2, 0) is 0 Å². The molecule has 2 nitrogen and oxygen atoms in total. The van der Waals surface area contributed by atoms with E-state index in [-0.39, 0.29) is 0 Å². The maximum atomic E-state index is 6.18. The van der Waals surface area contributed by atoms with Crippen molar-refractivity contribution in [1.29, 1.82) is 0 Å². The van der Waals surface area contributed by atoms with Gasteiger partial charge >= 0.3 is 0 Å². The number of nitrogens with zero attached hydrogens (tertiary/aromatic N) is 1. The predicted molar refractivity (Wildman–Crippen MR) is 78.6 cm³/mol. The molecule has 2 atom stereocenters. The summed E-state index contributed by atoms with van der Waals surface area (Å²) in [7, 11) is 0. The first-order valence-corrected chi connectivity index (χ1v) is 8.11. The molecule has 0 aromatic carbocycles. The molecule has 0 radical (unpaired) electrons. The first-order valence-electron chi connectivity index (χ1n) is 8.11. The highest BCUT2D eigenvalue weighted by molar-refractivity contribution is 4.89. The van der Waals surface area contributed by atoms with Gasteiger partial charge in [-0.3, -0.25) is 4.90 Å². The second-order valence-corrected chi connectivity index (χ2v) is 6.95. The van der Waals surface area contributed by atoms with E-state index in [1.165, 1.54) is 64.5 Å². The SMILES string of the molecule is CC1CCCN(CC2(CN)CCCCCC2)C1C. The molecule has 2 heteroatoms. The number of rotatable bonds is 3. The summed E-state index contributed by atoms with van der Waals surface area (Å²) in [5.74, 6) is 0.861. The highest BCUT2D eigenvalue weighted by atomic mass is 15.2.